The van der Waals surface area contributed by atoms with Crippen LogP contribution in [-0.2, 0) is 0 Å². The molecule has 3 nitrogen and oxygen atoms in total. The van der Waals surface area contributed by atoms with E-state index in [1.165, 1.54) is 12.1 Å². The Morgan fingerprint density at radius 1 is 1.30 bits per heavy atom. The minimum absolute atomic E-state index is 0.000483. The second kappa shape index (κ2) is 7.50. The molecule has 0 aliphatic carbocycles. The number of nitrogens with one attached hydrogen (secondary N) is 1. The second-order valence-corrected chi connectivity index (χ2v) is 5.12. The third kappa shape index (κ3) is 4.11. The summed E-state index contributed by atoms with van der Waals surface area (Å²) in [5, 5.41) is 2.98. The predicted octanol–water partition coefficient (Wildman–Crippen LogP) is 2.74. The van der Waals surface area contributed by atoms with E-state index in [1.807, 2.05) is 6.92 Å². The molecule has 0 aliphatic rings. The van der Waals surface area contributed by atoms with Gasteiger partial charge in [-0.3, -0.25) is 0 Å². The molecule has 0 fully saturated rings. The molecule has 1 aromatic carbocycles. The molecule has 0 aromatic heterocycles. The Balaban J connectivity index is 2.83. The summed E-state index contributed by atoms with van der Waals surface area (Å²) in [4.78, 5) is 2.05. The van der Waals surface area contributed by atoms with E-state index >= 15 is 0 Å². The number of halogens is 2. The van der Waals surface area contributed by atoms with E-state index in [2.05, 4.69) is 36.3 Å². The Morgan fingerprint density at radius 3 is 2.40 bits per heavy atom. The number of hydrogen-bond donors (Lipinski definition) is 2. The van der Waals surface area contributed by atoms with Crippen LogP contribution in [0.25, 0.3) is 0 Å². The van der Waals surface area contributed by atoms with Gasteiger partial charge in [0, 0.05) is 18.2 Å². The zero-order chi connectivity index (χ0) is 15.3. The van der Waals surface area contributed by atoms with Crippen LogP contribution in [0.5, 0.6) is 0 Å². The molecule has 3 N–H and O–H groups in total. The Bertz CT molecular complexity index is 476. The SMILES string of the molecule is CCN(CC)CC(C)Nc1ccc(C(N)=S)c(F)c1F. The molecule has 0 bridgehead atoms. The number of nitrogens with zero attached hydrogens (tertiary/aromatic N) is 1. The average Bonchev–Trinajstić information content (AvgIpc) is 2.41. The summed E-state index contributed by atoms with van der Waals surface area (Å²) in [7, 11) is 0. The van der Waals surface area contributed by atoms with Crippen LogP contribution < -0.4 is 11.1 Å². The monoisotopic (exact) mass is 301 g/mol. The van der Waals surface area contributed by atoms with Gasteiger partial charge in [0.25, 0.3) is 0 Å². The van der Waals surface area contributed by atoms with Gasteiger partial charge in [0.2, 0.25) is 0 Å². The molecule has 6 heteroatoms. The molecular weight excluding hydrogens is 280 g/mol. The number of nitrogens with two attached hydrogens (primary N) is 1. The molecule has 1 atom stereocenters. The number of rotatable bonds is 7. The first-order valence-corrected chi connectivity index (χ1v) is 7.08. The van der Waals surface area contributed by atoms with Gasteiger partial charge < -0.3 is 16.0 Å². The van der Waals surface area contributed by atoms with Gasteiger partial charge in [0.1, 0.15) is 4.99 Å². The summed E-state index contributed by atoms with van der Waals surface area (Å²) in [5.74, 6) is -1.95. The van der Waals surface area contributed by atoms with Crippen LogP contribution in [0.2, 0.25) is 0 Å². The lowest BCUT2D eigenvalue weighted by molar-refractivity contribution is 0.294. The molecule has 0 aliphatic heterocycles. The fourth-order valence-corrected chi connectivity index (χ4v) is 2.19. The molecule has 112 valence electrons. The van der Waals surface area contributed by atoms with E-state index in [-0.39, 0.29) is 22.3 Å². The van der Waals surface area contributed by atoms with Crippen LogP contribution in [0, 0.1) is 11.6 Å². The van der Waals surface area contributed by atoms with Crippen LogP contribution in [0.4, 0.5) is 14.5 Å². The van der Waals surface area contributed by atoms with Gasteiger partial charge in [-0.05, 0) is 32.1 Å². The topological polar surface area (TPSA) is 41.3 Å². The number of thiocarbonyl (C=S) groups is 1. The largest absolute Gasteiger partial charge is 0.389 e. The van der Waals surface area contributed by atoms with Crippen molar-refractivity contribution in [3.63, 3.8) is 0 Å². The van der Waals surface area contributed by atoms with Crippen LogP contribution in [-0.4, -0.2) is 35.6 Å². The van der Waals surface area contributed by atoms with Crippen LogP contribution >= 0.6 is 12.2 Å². The quantitative estimate of drug-likeness (QED) is 0.760. The highest BCUT2D eigenvalue weighted by Crippen LogP contribution is 2.21. The van der Waals surface area contributed by atoms with Crippen molar-refractivity contribution in [2.45, 2.75) is 26.8 Å². The van der Waals surface area contributed by atoms with Crippen molar-refractivity contribution in [2.24, 2.45) is 5.73 Å². The van der Waals surface area contributed by atoms with Crippen molar-refractivity contribution in [1.82, 2.24) is 4.90 Å². The van der Waals surface area contributed by atoms with E-state index in [0.29, 0.717) is 0 Å². The first kappa shape index (κ1) is 16.8. The molecule has 0 heterocycles. The van der Waals surface area contributed by atoms with Gasteiger partial charge in [-0.1, -0.05) is 26.1 Å². The molecule has 1 aromatic rings. The molecule has 0 radical (unpaired) electrons. The van der Waals surface area contributed by atoms with E-state index in [0.717, 1.165) is 19.6 Å². The molecule has 0 spiro atoms. The summed E-state index contributed by atoms with van der Waals surface area (Å²) in [6.45, 7) is 8.64. The Kier molecular flexibility index (Phi) is 6.29. The van der Waals surface area contributed by atoms with E-state index in [4.69, 9.17) is 5.73 Å². The predicted molar refractivity (Wildman–Crippen MR) is 83.1 cm³/mol. The van der Waals surface area contributed by atoms with Crippen molar-refractivity contribution in [3.8, 4) is 0 Å². The van der Waals surface area contributed by atoms with E-state index in [1.54, 1.807) is 0 Å². The Labute approximate surface area is 124 Å². The van der Waals surface area contributed by atoms with E-state index < -0.39 is 11.6 Å². The van der Waals surface area contributed by atoms with Gasteiger partial charge in [-0.15, -0.1) is 0 Å². The maximum absolute atomic E-state index is 13.9. The Morgan fingerprint density at radius 2 is 1.90 bits per heavy atom. The lowest BCUT2D eigenvalue weighted by Crippen LogP contribution is -2.35. The van der Waals surface area contributed by atoms with Gasteiger partial charge >= 0.3 is 0 Å². The highest BCUT2D eigenvalue weighted by Gasteiger charge is 2.16. The first-order chi connectivity index (χ1) is 9.40. The second-order valence-electron chi connectivity index (χ2n) is 4.68. The van der Waals surface area contributed by atoms with E-state index in [9.17, 15) is 8.78 Å². The van der Waals surface area contributed by atoms with Crippen LogP contribution in [0.3, 0.4) is 0 Å². The molecule has 1 unspecified atom stereocenters. The maximum Gasteiger partial charge on any atom is 0.182 e. The third-order valence-electron chi connectivity index (χ3n) is 3.18. The molecule has 0 amide bonds. The van der Waals surface area contributed by atoms with Gasteiger partial charge in [0.05, 0.1) is 5.69 Å². The van der Waals surface area contributed by atoms with Crippen molar-refractivity contribution in [1.29, 1.82) is 0 Å². The van der Waals surface area contributed by atoms with Gasteiger partial charge in [0.15, 0.2) is 11.6 Å². The molecule has 0 saturated heterocycles. The molecule has 1 rings (SSSR count). The molecular formula is C14H21F2N3S. The molecule has 0 saturated carbocycles. The summed E-state index contributed by atoms with van der Waals surface area (Å²) >= 11 is 4.67. The standard InChI is InChI=1S/C14H21F2N3S/c1-4-19(5-2)8-9(3)18-11-7-6-10(14(17)20)12(15)13(11)16/h6-7,9,18H,4-5,8H2,1-3H3,(H2,17,20). The number of hydrogen-bond acceptors (Lipinski definition) is 3. The highest BCUT2D eigenvalue weighted by atomic mass is 32.1. The average molecular weight is 301 g/mol. The van der Waals surface area contributed by atoms with Crippen molar-refractivity contribution in [2.75, 3.05) is 25.0 Å². The number of benzene rings is 1. The van der Waals surface area contributed by atoms with Gasteiger partial charge in [-0.25, -0.2) is 8.78 Å². The van der Waals surface area contributed by atoms with Crippen LogP contribution in [0.1, 0.15) is 26.3 Å². The number of anilines is 1. The van der Waals surface area contributed by atoms with Crippen molar-refractivity contribution in [3.05, 3.63) is 29.3 Å². The van der Waals surface area contributed by atoms with Gasteiger partial charge in [-0.2, -0.15) is 0 Å². The lowest BCUT2D eigenvalue weighted by Gasteiger charge is -2.24. The normalized spacial score (nSPS) is 12.5. The van der Waals surface area contributed by atoms with Crippen molar-refractivity contribution < 1.29 is 8.78 Å². The smallest absolute Gasteiger partial charge is 0.182 e. The fraction of sp³-hybridized carbons (Fsp3) is 0.500. The lowest BCUT2D eigenvalue weighted by atomic mass is 10.1. The minimum Gasteiger partial charge on any atom is -0.389 e. The number of likely N-dealkylation sites (N-methyl/N-ethyl adjacent to an activating group) is 1. The summed E-state index contributed by atoms with van der Waals surface area (Å²) in [6, 6.07) is 2.86. The summed E-state index contributed by atoms with van der Waals surface area (Å²) < 4.78 is 27.7. The highest BCUT2D eigenvalue weighted by molar-refractivity contribution is 7.80. The Hall–Kier alpha value is -1.27. The molecule has 20 heavy (non-hydrogen) atoms. The zero-order valence-corrected chi connectivity index (χ0v) is 12.9. The maximum atomic E-state index is 13.9. The third-order valence-corrected chi connectivity index (χ3v) is 3.40. The van der Waals surface area contributed by atoms with Crippen molar-refractivity contribution >= 4 is 22.9 Å². The summed E-state index contributed by atoms with van der Waals surface area (Å²) in [6.07, 6.45) is 0. The summed E-state index contributed by atoms with van der Waals surface area (Å²) in [5.41, 5.74) is 5.39. The zero-order valence-electron chi connectivity index (χ0n) is 12.0. The van der Waals surface area contributed by atoms with Crippen LogP contribution in [0.15, 0.2) is 12.1 Å². The first-order valence-electron chi connectivity index (χ1n) is 6.67. The minimum atomic E-state index is -1.00. The fourth-order valence-electron chi connectivity index (χ4n) is 2.03.